The maximum Gasteiger partial charge on any atom is 0.413 e. The van der Waals surface area contributed by atoms with Crippen LogP contribution in [0.3, 0.4) is 0 Å². The third-order valence-electron chi connectivity index (χ3n) is 6.44. The molecule has 0 spiro atoms. The summed E-state index contributed by atoms with van der Waals surface area (Å²) in [5.41, 5.74) is 2.37. The molecule has 0 atom stereocenters. The van der Waals surface area contributed by atoms with Gasteiger partial charge in [0.1, 0.15) is 17.9 Å². The standard InChI is InChI=1S/C27H32FN3O4S/c1-26(2,3)35-25(33)31-14-12-27(28,13-15-31)17-29-23(36)30-24(32)34-16-22-20-10-6-4-8-18(20)19-9-5-7-11-21(19)22/h4-11,22H,12-17H2,1-3H3,(H2,29,30,32,36). The Bertz CT molecular complexity index is 1100. The highest BCUT2D eigenvalue weighted by molar-refractivity contribution is 7.80. The number of carbonyl (C=O) groups excluding carboxylic acids is 2. The van der Waals surface area contributed by atoms with Gasteiger partial charge < -0.3 is 19.7 Å². The second-order valence-electron chi connectivity index (χ2n) is 10.3. The third kappa shape index (κ3) is 6.13. The summed E-state index contributed by atoms with van der Waals surface area (Å²) in [4.78, 5) is 26.1. The number of piperidine rings is 1. The number of likely N-dealkylation sites (tertiary alicyclic amines) is 1. The number of fused-ring (bicyclic) bond motifs is 3. The van der Waals surface area contributed by atoms with Crippen molar-refractivity contribution in [1.82, 2.24) is 15.5 Å². The Kier molecular flexibility index (Phi) is 7.49. The lowest BCUT2D eigenvalue weighted by Crippen LogP contribution is -2.52. The van der Waals surface area contributed by atoms with Gasteiger partial charge in [0.15, 0.2) is 5.11 Å². The molecule has 0 unspecified atom stereocenters. The number of amides is 2. The van der Waals surface area contributed by atoms with Crippen LogP contribution in [0.15, 0.2) is 48.5 Å². The molecule has 7 nitrogen and oxygen atoms in total. The molecule has 2 N–H and O–H groups in total. The van der Waals surface area contributed by atoms with E-state index in [-0.39, 0.29) is 50.1 Å². The lowest BCUT2D eigenvalue weighted by molar-refractivity contribution is 0.00420. The van der Waals surface area contributed by atoms with Gasteiger partial charge in [0.2, 0.25) is 0 Å². The van der Waals surface area contributed by atoms with Gasteiger partial charge in [-0.05, 0) is 55.2 Å². The minimum atomic E-state index is -1.55. The van der Waals surface area contributed by atoms with Gasteiger partial charge in [-0.2, -0.15) is 0 Å². The summed E-state index contributed by atoms with van der Waals surface area (Å²) in [6, 6.07) is 16.2. The maximum atomic E-state index is 15.2. The first kappa shape index (κ1) is 25.9. The average Bonchev–Trinajstić information content (AvgIpc) is 3.15. The van der Waals surface area contributed by atoms with Crippen molar-refractivity contribution in [1.29, 1.82) is 0 Å². The van der Waals surface area contributed by atoms with Crippen molar-refractivity contribution < 1.29 is 23.5 Å². The Labute approximate surface area is 216 Å². The van der Waals surface area contributed by atoms with Gasteiger partial charge in [0.05, 0.1) is 6.54 Å². The van der Waals surface area contributed by atoms with E-state index < -0.39 is 23.5 Å². The Morgan fingerprint density at radius 2 is 1.61 bits per heavy atom. The lowest BCUT2D eigenvalue weighted by Gasteiger charge is -2.37. The number of hydrogen-bond donors (Lipinski definition) is 2. The number of thiocarbonyl (C=S) groups is 1. The number of benzene rings is 2. The van der Waals surface area contributed by atoms with Gasteiger partial charge in [-0.3, -0.25) is 5.32 Å². The van der Waals surface area contributed by atoms with Crippen LogP contribution >= 0.6 is 12.2 Å². The van der Waals surface area contributed by atoms with Gasteiger partial charge in [-0.1, -0.05) is 48.5 Å². The first-order valence-corrected chi connectivity index (χ1v) is 12.5. The minimum Gasteiger partial charge on any atom is -0.448 e. The Hall–Kier alpha value is -3.20. The van der Waals surface area contributed by atoms with Crippen LogP contribution < -0.4 is 10.6 Å². The predicted molar refractivity (Wildman–Crippen MR) is 140 cm³/mol. The molecular formula is C27H32FN3O4S. The molecule has 1 fully saturated rings. The molecular weight excluding hydrogens is 481 g/mol. The zero-order valence-corrected chi connectivity index (χ0v) is 21.6. The number of rotatable bonds is 4. The van der Waals surface area contributed by atoms with Gasteiger partial charge in [-0.15, -0.1) is 0 Å². The number of nitrogens with one attached hydrogen (secondary N) is 2. The molecule has 0 saturated carbocycles. The third-order valence-corrected chi connectivity index (χ3v) is 6.68. The second kappa shape index (κ2) is 10.4. The molecule has 36 heavy (non-hydrogen) atoms. The van der Waals surface area contributed by atoms with Crippen LogP contribution in [0.4, 0.5) is 14.0 Å². The molecule has 2 amide bonds. The average molecular weight is 514 g/mol. The molecule has 2 aliphatic rings. The fourth-order valence-corrected chi connectivity index (χ4v) is 4.76. The summed E-state index contributed by atoms with van der Waals surface area (Å²) in [6.07, 6.45) is -0.841. The van der Waals surface area contributed by atoms with E-state index in [4.69, 9.17) is 21.7 Å². The van der Waals surface area contributed by atoms with Crippen molar-refractivity contribution in [2.45, 2.75) is 50.8 Å². The number of nitrogens with zero attached hydrogens (tertiary/aromatic N) is 1. The molecule has 2 aromatic carbocycles. The van der Waals surface area contributed by atoms with Crippen LogP contribution in [-0.2, 0) is 9.47 Å². The predicted octanol–water partition coefficient (Wildman–Crippen LogP) is 5.14. The van der Waals surface area contributed by atoms with Crippen LogP contribution in [0.5, 0.6) is 0 Å². The Balaban J connectivity index is 1.22. The zero-order valence-electron chi connectivity index (χ0n) is 20.8. The van der Waals surface area contributed by atoms with E-state index in [9.17, 15) is 9.59 Å². The Morgan fingerprint density at radius 3 is 2.17 bits per heavy atom. The molecule has 0 aromatic heterocycles. The van der Waals surface area contributed by atoms with Crippen molar-refractivity contribution in [2.24, 2.45) is 0 Å². The monoisotopic (exact) mass is 513 g/mol. The van der Waals surface area contributed by atoms with Gasteiger partial charge in [0.25, 0.3) is 0 Å². The quantitative estimate of drug-likeness (QED) is 0.552. The molecule has 1 aliphatic carbocycles. The molecule has 1 aliphatic heterocycles. The molecule has 192 valence electrons. The van der Waals surface area contributed by atoms with Crippen molar-refractivity contribution in [3.8, 4) is 11.1 Å². The first-order chi connectivity index (χ1) is 17.0. The van der Waals surface area contributed by atoms with Crippen molar-refractivity contribution in [2.75, 3.05) is 26.2 Å². The number of ether oxygens (including phenoxy) is 2. The minimum absolute atomic E-state index is 0.00109. The fraction of sp³-hybridized carbons (Fsp3) is 0.444. The number of alkyl carbamates (subject to hydrolysis) is 1. The topological polar surface area (TPSA) is 79.9 Å². The number of carbonyl (C=O) groups is 2. The van der Waals surface area contributed by atoms with E-state index >= 15 is 4.39 Å². The number of hydrogen-bond acceptors (Lipinski definition) is 5. The SMILES string of the molecule is CC(C)(C)OC(=O)N1CCC(F)(CNC(=S)NC(=O)OCC2c3ccccc3-c3ccccc32)CC1. The van der Waals surface area contributed by atoms with Crippen LogP contribution in [0, 0.1) is 0 Å². The smallest absolute Gasteiger partial charge is 0.413 e. The zero-order chi connectivity index (χ0) is 25.9. The molecule has 0 radical (unpaired) electrons. The van der Waals surface area contributed by atoms with E-state index in [1.807, 2.05) is 36.4 Å². The van der Waals surface area contributed by atoms with Crippen molar-refractivity contribution in [3.05, 3.63) is 59.7 Å². The van der Waals surface area contributed by atoms with Crippen LogP contribution in [0.25, 0.3) is 11.1 Å². The molecule has 1 saturated heterocycles. The molecule has 4 rings (SSSR count). The van der Waals surface area contributed by atoms with Crippen molar-refractivity contribution in [3.63, 3.8) is 0 Å². The summed E-state index contributed by atoms with van der Waals surface area (Å²) in [5, 5.41) is 5.24. The van der Waals surface area contributed by atoms with Crippen LogP contribution in [-0.4, -0.2) is 59.7 Å². The van der Waals surface area contributed by atoms with E-state index in [0.717, 1.165) is 22.3 Å². The number of halogens is 1. The molecule has 1 heterocycles. The van der Waals surface area contributed by atoms with Crippen molar-refractivity contribution >= 4 is 29.5 Å². The highest BCUT2D eigenvalue weighted by Gasteiger charge is 2.37. The van der Waals surface area contributed by atoms with Gasteiger partial charge in [-0.25, -0.2) is 14.0 Å². The summed E-state index contributed by atoms with van der Waals surface area (Å²) in [6.45, 7) is 5.97. The van der Waals surface area contributed by atoms with Gasteiger partial charge in [0, 0.05) is 31.8 Å². The highest BCUT2D eigenvalue weighted by Crippen LogP contribution is 2.44. The largest absolute Gasteiger partial charge is 0.448 e. The first-order valence-electron chi connectivity index (χ1n) is 12.1. The summed E-state index contributed by atoms with van der Waals surface area (Å²) in [5.74, 6) is -0.0612. The van der Waals surface area contributed by atoms with E-state index in [1.54, 1.807) is 20.8 Å². The van der Waals surface area contributed by atoms with Crippen LogP contribution in [0.2, 0.25) is 0 Å². The van der Waals surface area contributed by atoms with Gasteiger partial charge >= 0.3 is 12.2 Å². The highest BCUT2D eigenvalue weighted by atomic mass is 32.1. The summed E-state index contributed by atoms with van der Waals surface area (Å²) >= 11 is 5.17. The molecule has 2 aromatic rings. The lowest BCUT2D eigenvalue weighted by atomic mass is 9.93. The summed E-state index contributed by atoms with van der Waals surface area (Å²) < 4.78 is 26.1. The van der Waals surface area contributed by atoms with Crippen LogP contribution in [0.1, 0.15) is 50.7 Å². The Morgan fingerprint density at radius 1 is 1.06 bits per heavy atom. The summed E-state index contributed by atoms with van der Waals surface area (Å²) in [7, 11) is 0. The van der Waals surface area contributed by atoms with E-state index in [2.05, 4.69) is 22.8 Å². The second-order valence-corrected chi connectivity index (χ2v) is 10.7. The van der Waals surface area contributed by atoms with E-state index in [1.165, 1.54) is 4.90 Å². The molecule has 9 heteroatoms. The van der Waals surface area contributed by atoms with E-state index in [0.29, 0.717) is 0 Å². The normalized spacial score (nSPS) is 16.5. The maximum absolute atomic E-state index is 15.2. The molecule has 0 bridgehead atoms. The number of alkyl halides is 1. The fourth-order valence-electron chi connectivity index (χ4n) is 4.60.